The van der Waals surface area contributed by atoms with Crippen LogP contribution in [0.25, 0.3) is 0 Å². The molecule has 0 spiro atoms. The number of hydrogen-bond donors (Lipinski definition) is 2. The maximum atomic E-state index is 3.53. The summed E-state index contributed by atoms with van der Waals surface area (Å²) < 4.78 is 0. The lowest BCUT2D eigenvalue weighted by atomic mass is 9.86. The molecule has 2 rings (SSSR count). The van der Waals surface area contributed by atoms with E-state index in [2.05, 4.69) is 55.7 Å². The first-order valence-corrected chi connectivity index (χ1v) is 6.12. The van der Waals surface area contributed by atoms with Crippen LogP contribution < -0.4 is 10.6 Å². The Hall–Kier alpha value is -0.570. The van der Waals surface area contributed by atoms with E-state index in [0.717, 1.165) is 19.6 Å². The van der Waals surface area contributed by atoms with E-state index in [9.17, 15) is 0 Å². The van der Waals surface area contributed by atoms with Crippen molar-refractivity contribution in [2.24, 2.45) is 0 Å². The van der Waals surface area contributed by atoms with Crippen LogP contribution in [0.3, 0.4) is 0 Å². The van der Waals surface area contributed by atoms with Crippen molar-refractivity contribution in [3.63, 3.8) is 0 Å². The van der Waals surface area contributed by atoms with Gasteiger partial charge in [0.05, 0.1) is 0 Å². The molecule has 1 fully saturated rings. The van der Waals surface area contributed by atoms with Crippen molar-refractivity contribution in [3.8, 4) is 0 Å². The molecule has 1 heterocycles. The van der Waals surface area contributed by atoms with Crippen molar-refractivity contribution in [1.29, 1.82) is 0 Å². The van der Waals surface area contributed by atoms with E-state index in [-0.39, 0.29) is 17.8 Å². The molecule has 1 atom stereocenters. The zero-order valence-corrected chi connectivity index (χ0v) is 11.7. The Labute approximate surface area is 111 Å². The van der Waals surface area contributed by atoms with Gasteiger partial charge in [0.1, 0.15) is 0 Å². The van der Waals surface area contributed by atoms with Gasteiger partial charge in [-0.15, -0.1) is 12.4 Å². The Balaban J connectivity index is 0.00000144. The Kier molecular flexibility index (Phi) is 4.99. The summed E-state index contributed by atoms with van der Waals surface area (Å²) in [4.78, 5) is 0. The minimum atomic E-state index is 0. The van der Waals surface area contributed by atoms with Gasteiger partial charge in [0.2, 0.25) is 0 Å². The molecule has 2 nitrogen and oxygen atoms in total. The second-order valence-corrected chi connectivity index (χ2v) is 5.58. The highest BCUT2D eigenvalue weighted by atomic mass is 35.5. The molecule has 0 radical (unpaired) electrons. The van der Waals surface area contributed by atoms with Crippen LogP contribution in [0.4, 0.5) is 0 Å². The molecular weight excluding hydrogens is 232 g/mol. The SMILES string of the molecule is CC(C)(C)c1ccc([C@@H]2CNCCN2)cc1.Cl. The standard InChI is InChI=1S/C14H22N2.ClH/c1-14(2,3)12-6-4-11(5-7-12)13-10-15-8-9-16-13;/h4-7,13,15-16H,8-10H2,1-3H3;1H/t13-;/m0./s1. The van der Waals surface area contributed by atoms with Crippen molar-refractivity contribution in [2.75, 3.05) is 19.6 Å². The van der Waals surface area contributed by atoms with E-state index >= 15 is 0 Å². The Morgan fingerprint density at radius 2 is 1.71 bits per heavy atom. The molecule has 0 saturated carbocycles. The average Bonchev–Trinajstić information content (AvgIpc) is 2.29. The van der Waals surface area contributed by atoms with E-state index < -0.39 is 0 Å². The van der Waals surface area contributed by atoms with Crippen LogP contribution >= 0.6 is 12.4 Å². The topological polar surface area (TPSA) is 24.1 Å². The summed E-state index contributed by atoms with van der Waals surface area (Å²) in [5, 5.41) is 6.95. The molecule has 0 bridgehead atoms. The highest BCUT2D eigenvalue weighted by Gasteiger charge is 2.16. The maximum absolute atomic E-state index is 3.53. The number of benzene rings is 1. The highest BCUT2D eigenvalue weighted by Crippen LogP contribution is 2.24. The van der Waals surface area contributed by atoms with Crippen LogP contribution in [0.5, 0.6) is 0 Å². The molecule has 0 unspecified atom stereocenters. The molecule has 1 aromatic rings. The summed E-state index contributed by atoms with van der Waals surface area (Å²) in [7, 11) is 0. The fraction of sp³-hybridized carbons (Fsp3) is 0.571. The minimum absolute atomic E-state index is 0. The van der Waals surface area contributed by atoms with Crippen molar-refractivity contribution in [1.82, 2.24) is 10.6 Å². The Morgan fingerprint density at radius 1 is 1.06 bits per heavy atom. The van der Waals surface area contributed by atoms with Gasteiger partial charge in [-0.05, 0) is 16.5 Å². The summed E-state index contributed by atoms with van der Waals surface area (Å²) in [6.45, 7) is 9.93. The number of hydrogen-bond acceptors (Lipinski definition) is 2. The lowest BCUT2D eigenvalue weighted by Crippen LogP contribution is -2.42. The fourth-order valence-electron chi connectivity index (χ4n) is 2.10. The number of halogens is 1. The lowest BCUT2D eigenvalue weighted by molar-refractivity contribution is 0.430. The quantitative estimate of drug-likeness (QED) is 0.805. The lowest BCUT2D eigenvalue weighted by Gasteiger charge is -2.26. The smallest absolute Gasteiger partial charge is 0.0447 e. The van der Waals surface area contributed by atoms with Gasteiger partial charge in [-0.1, -0.05) is 45.0 Å². The first kappa shape index (κ1) is 14.5. The number of nitrogens with one attached hydrogen (secondary N) is 2. The third kappa shape index (κ3) is 3.70. The van der Waals surface area contributed by atoms with Crippen molar-refractivity contribution < 1.29 is 0 Å². The van der Waals surface area contributed by atoms with Gasteiger partial charge < -0.3 is 10.6 Å². The molecule has 1 aromatic carbocycles. The summed E-state index contributed by atoms with van der Waals surface area (Å²) >= 11 is 0. The summed E-state index contributed by atoms with van der Waals surface area (Å²) in [6, 6.07) is 9.50. The minimum Gasteiger partial charge on any atom is -0.314 e. The fourth-order valence-corrected chi connectivity index (χ4v) is 2.10. The molecule has 96 valence electrons. The van der Waals surface area contributed by atoms with E-state index in [4.69, 9.17) is 0 Å². The number of piperazine rings is 1. The Morgan fingerprint density at radius 3 is 2.18 bits per heavy atom. The zero-order valence-electron chi connectivity index (χ0n) is 10.9. The van der Waals surface area contributed by atoms with Crippen molar-refractivity contribution >= 4 is 12.4 Å². The van der Waals surface area contributed by atoms with Crippen LogP contribution in [0.1, 0.15) is 37.9 Å². The summed E-state index contributed by atoms with van der Waals surface area (Å²) in [5.41, 5.74) is 3.04. The molecule has 17 heavy (non-hydrogen) atoms. The molecular formula is C14H23ClN2. The normalized spacial score (nSPS) is 20.8. The second kappa shape index (κ2) is 5.85. The molecule has 1 saturated heterocycles. The van der Waals surface area contributed by atoms with Crippen LogP contribution in [-0.4, -0.2) is 19.6 Å². The summed E-state index contributed by atoms with van der Waals surface area (Å²) in [5.74, 6) is 0. The second-order valence-electron chi connectivity index (χ2n) is 5.58. The summed E-state index contributed by atoms with van der Waals surface area (Å²) in [6.07, 6.45) is 0. The first-order chi connectivity index (χ1) is 7.57. The maximum Gasteiger partial charge on any atom is 0.0447 e. The predicted octanol–water partition coefficient (Wildman–Crippen LogP) is 2.64. The average molecular weight is 255 g/mol. The van der Waals surface area contributed by atoms with Gasteiger partial charge in [0.15, 0.2) is 0 Å². The molecule has 2 N–H and O–H groups in total. The third-order valence-electron chi connectivity index (χ3n) is 3.22. The van der Waals surface area contributed by atoms with Gasteiger partial charge in [-0.25, -0.2) is 0 Å². The van der Waals surface area contributed by atoms with Crippen LogP contribution in [-0.2, 0) is 5.41 Å². The molecule has 0 aliphatic carbocycles. The van der Waals surface area contributed by atoms with E-state index in [1.54, 1.807) is 0 Å². The predicted molar refractivity (Wildman–Crippen MR) is 76.0 cm³/mol. The molecule has 3 heteroatoms. The molecule has 1 aliphatic heterocycles. The largest absolute Gasteiger partial charge is 0.314 e. The van der Waals surface area contributed by atoms with Crippen molar-refractivity contribution in [3.05, 3.63) is 35.4 Å². The first-order valence-electron chi connectivity index (χ1n) is 6.12. The van der Waals surface area contributed by atoms with Crippen LogP contribution in [0.2, 0.25) is 0 Å². The van der Waals surface area contributed by atoms with Gasteiger partial charge >= 0.3 is 0 Å². The van der Waals surface area contributed by atoms with Crippen molar-refractivity contribution in [2.45, 2.75) is 32.2 Å². The van der Waals surface area contributed by atoms with Crippen LogP contribution in [0, 0.1) is 0 Å². The van der Waals surface area contributed by atoms with Gasteiger partial charge in [-0.2, -0.15) is 0 Å². The van der Waals surface area contributed by atoms with Gasteiger partial charge in [-0.3, -0.25) is 0 Å². The van der Waals surface area contributed by atoms with Crippen LogP contribution in [0.15, 0.2) is 24.3 Å². The molecule has 1 aliphatic rings. The molecule has 0 aromatic heterocycles. The van der Waals surface area contributed by atoms with E-state index in [1.165, 1.54) is 11.1 Å². The highest BCUT2D eigenvalue weighted by molar-refractivity contribution is 5.85. The van der Waals surface area contributed by atoms with Gasteiger partial charge in [0, 0.05) is 25.7 Å². The van der Waals surface area contributed by atoms with E-state index in [0.29, 0.717) is 6.04 Å². The van der Waals surface area contributed by atoms with Gasteiger partial charge in [0.25, 0.3) is 0 Å². The zero-order chi connectivity index (χ0) is 11.6. The Bertz CT molecular complexity index is 334. The third-order valence-corrected chi connectivity index (χ3v) is 3.22. The van der Waals surface area contributed by atoms with E-state index in [1.807, 2.05) is 0 Å². The number of rotatable bonds is 1. The molecule has 0 amide bonds. The monoisotopic (exact) mass is 254 g/mol.